The summed E-state index contributed by atoms with van der Waals surface area (Å²) in [6.45, 7) is 3.71. The molecule has 1 saturated carbocycles. The minimum Gasteiger partial charge on any atom is -0.340 e. The van der Waals surface area contributed by atoms with Crippen molar-refractivity contribution < 1.29 is 4.79 Å². The third kappa shape index (κ3) is 2.80. The average molecular weight is 376 g/mol. The number of aromatic nitrogens is 1. The van der Waals surface area contributed by atoms with Crippen LogP contribution in [0.15, 0.2) is 0 Å². The smallest absolute Gasteiger partial charge is 0.320 e. The molecule has 5 rings (SSSR count). The van der Waals surface area contributed by atoms with Crippen LogP contribution in [0, 0.1) is 0 Å². The molecule has 2 saturated heterocycles. The van der Waals surface area contributed by atoms with Crippen molar-refractivity contribution in [2.45, 2.75) is 69.6 Å². The number of nitrogens with one attached hydrogen (secondary N) is 1. The number of carbonyl (C=O) groups is 1. The number of amides is 2. The first-order valence-corrected chi connectivity index (χ1v) is 11.0. The highest BCUT2D eigenvalue weighted by atomic mass is 32.1. The van der Waals surface area contributed by atoms with Crippen molar-refractivity contribution in [1.29, 1.82) is 0 Å². The Hall–Kier alpha value is -1.34. The number of rotatable bonds is 2. The molecule has 0 spiro atoms. The molecule has 1 aromatic rings. The number of fused-ring (bicyclic) bond motifs is 3. The van der Waals surface area contributed by atoms with Gasteiger partial charge in [-0.05, 0) is 25.7 Å². The maximum absolute atomic E-state index is 12.9. The van der Waals surface area contributed by atoms with Crippen LogP contribution in [-0.4, -0.2) is 65.6 Å². The zero-order valence-corrected chi connectivity index (χ0v) is 16.4. The minimum atomic E-state index is 0.208. The van der Waals surface area contributed by atoms with E-state index >= 15 is 0 Å². The fourth-order valence-corrected chi connectivity index (χ4v) is 6.48. The van der Waals surface area contributed by atoms with E-state index in [9.17, 15) is 4.79 Å². The molecule has 2 atom stereocenters. The Morgan fingerprint density at radius 3 is 2.65 bits per heavy atom. The first kappa shape index (κ1) is 16.8. The maximum Gasteiger partial charge on any atom is 0.320 e. The second kappa shape index (κ2) is 6.68. The highest BCUT2D eigenvalue weighted by molar-refractivity contribution is 7.15. The lowest BCUT2D eigenvalue weighted by atomic mass is 10.2. The highest BCUT2D eigenvalue weighted by Crippen LogP contribution is 2.38. The first-order chi connectivity index (χ1) is 12.7. The predicted molar refractivity (Wildman–Crippen MR) is 104 cm³/mol. The van der Waals surface area contributed by atoms with E-state index in [4.69, 9.17) is 4.98 Å². The van der Waals surface area contributed by atoms with Gasteiger partial charge in [0.2, 0.25) is 0 Å². The minimum absolute atomic E-state index is 0.208. The zero-order chi connectivity index (χ0) is 17.7. The van der Waals surface area contributed by atoms with Crippen molar-refractivity contribution in [3.8, 4) is 0 Å². The standard InChI is InChI=1S/C19H29N5OS/c1-22(13-4-2-3-5-13)19(25)23-9-8-16-17(12-23)26-18(21-16)24-14-6-7-15(24)11-20-10-14/h13-15,20H,2-12H2,1H3. The van der Waals surface area contributed by atoms with Crippen LogP contribution < -0.4 is 10.2 Å². The van der Waals surface area contributed by atoms with Crippen molar-refractivity contribution in [1.82, 2.24) is 20.1 Å². The van der Waals surface area contributed by atoms with Crippen LogP contribution in [-0.2, 0) is 13.0 Å². The van der Waals surface area contributed by atoms with E-state index in [0.29, 0.717) is 18.1 Å². The van der Waals surface area contributed by atoms with E-state index in [1.165, 1.54) is 41.4 Å². The third-order valence-electron chi connectivity index (χ3n) is 6.77. The molecule has 3 aliphatic heterocycles. The lowest BCUT2D eigenvalue weighted by Gasteiger charge is -2.35. The molecule has 4 aliphatic rings. The van der Waals surface area contributed by atoms with Gasteiger partial charge in [0.15, 0.2) is 5.13 Å². The number of thiazole rings is 1. The first-order valence-electron chi connectivity index (χ1n) is 10.2. The molecule has 26 heavy (non-hydrogen) atoms. The summed E-state index contributed by atoms with van der Waals surface area (Å²) in [5.74, 6) is 0. The molecule has 2 amide bonds. The number of piperazine rings is 1. The quantitative estimate of drug-likeness (QED) is 0.863. The van der Waals surface area contributed by atoms with E-state index in [0.717, 1.165) is 45.4 Å². The number of urea groups is 1. The monoisotopic (exact) mass is 375 g/mol. The van der Waals surface area contributed by atoms with Crippen molar-refractivity contribution >= 4 is 22.5 Å². The molecule has 1 aliphatic carbocycles. The lowest BCUT2D eigenvalue weighted by molar-refractivity contribution is 0.142. The van der Waals surface area contributed by atoms with Crippen molar-refractivity contribution in [2.24, 2.45) is 0 Å². The van der Waals surface area contributed by atoms with Crippen LogP contribution >= 0.6 is 11.3 Å². The molecule has 6 nitrogen and oxygen atoms in total. The fraction of sp³-hybridized carbons (Fsp3) is 0.789. The lowest BCUT2D eigenvalue weighted by Crippen LogP contribution is -2.51. The van der Waals surface area contributed by atoms with Gasteiger partial charge in [-0.2, -0.15) is 0 Å². The topological polar surface area (TPSA) is 51.7 Å². The van der Waals surface area contributed by atoms with Crippen molar-refractivity contribution in [2.75, 3.05) is 31.6 Å². The van der Waals surface area contributed by atoms with Gasteiger partial charge in [-0.1, -0.05) is 24.2 Å². The van der Waals surface area contributed by atoms with E-state index in [1.807, 2.05) is 28.2 Å². The number of hydrogen-bond acceptors (Lipinski definition) is 5. The van der Waals surface area contributed by atoms with Crippen molar-refractivity contribution in [3.05, 3.63) is 10.6 Å². The molecule has 2 bridgehead atoms. The van der Waals surface area contributed by atoms with Gasteiger partial charge in [-0.25, -0.2) is 9.78 Å². The molecule has 1 N–H and O–H groups in total. The second-order valence-electron chi connectivity index (χ2n) is 8.32. The van der Waals surface area contributed by atoms with E-state index in [1.54, 1.807) is 0 Å². The summed E-state index contributed by atoms with van der Waals surface area (Å²) in [6.07, 6.45) is 8.31. The molecule has 0 radical (unpaired) electrons. The molecule has 1 aromatic heterocycles. The van der Waals surface area contributed by atoms with Gasteiger partial charge in [-0.3, -0.25) is 0 Å². The molecule has 0 aromatic carbocycles. The summed E-state index contributed by atoms with van der Waals surface area (Å²) in [6, 6.07) is 1.86. The maximum atomic E-state index is 12.9. The van der Waals surface area contributed by atoms with E-state index in [-0.39, 0.29) is 6.03 Å². The van der Waals surface area contributed by atoms with E-state index in [2.05, 4.69) is 10.2 Å². The Morgan fingerprint density at radius 1 is 1.19 bits per heavy atom. The summed E-state index contributed by atoms with van der Waals surface area (Å²) in [5, 5.41) is 4.74. The highest BCUT2D eigenvalue weighted by Gasteiger charge is 2.39. The van der Waals surface area contributed by atoms with Crippen molar-refractivity contribution in [3.63, 3.8) is 0 Å². The van der Waals surface area contributed by atoms with Crippen LogP contribution in [0.25, 0.3) is 0 Å². The molecule has 2 unspecified atom stereocenters. The van der Waals surface area contributed by atoms with Gasteiger partial charge < -0.3 is 20.0 Å². The number of anilines is 1. The van der Waals surface area contributed by atoms with Gasteiger partial charge in [0, 0.05) is 56.1 Å². The Bertz CT molecular complexity index is 669. The summed E-state index contributed by atoms with van der Waals surface area (Å²) in [4.78, 5) is 25.8. The SMILES string of the molecule is CN(C(=O)N1CCc2nc(N3C4CCC3CNC4)sc2C1)C1CCCC1. The number of carbonyl (C=O) groups excluding carboxylic acids is 1. The van der Waals surface area contributed by atoms with Crippen LogP contribution in [0.2, 0.25) is 0 Å². The predicted octanol–water partition coefficient (Wildman–Crippen LogP) is 2.44. The summed E-state index contributed by atoms with van der Waals surface area (Å²) >= 11 is 1.83. The Balaban J connectivity index is 1.30. The number of hydrogen-bond donors (Lipinski definition) is 1. The zero-order valence-electron chi connectivity index (χ0n) is 15.6. The molecule has 142 valence electrons. The summed E-state index contributed by atoms with van der Waals surface area (Å²) < 4.78 is 0. The number of nitrogens with zero attached hydrogens (tertiary/aromatic N) is 4. The average Bonchev–Trinajstić information content (AvgIpc) is 3.37. The Kier molecular flexibility index (Phi) is 4.32. The molecular formula is C19H29N5OS. The molecule has 4 heterocycles. The molecular weight excluding hydrogens is 346 g/mol. The van der Waals surface area contributed by atoms with Gasteiger partial charge in [0.25, 0.3) is 0 Å². The molecule has 7 heteroatoms. The largest absolute Gasteiger partial charge is 0.340 e. The van der Waals surface area contributed by atoms with Crippen LogP contribution in [0.1, 0.15) is 49.1 Å². The second-order valence-corrected chi connectivity index (χ2v) is 9.38. The molecule has 3 fully saturated rings. The van der Waals surface area contributed by atoms with Gasteiger partial charge in [-0.15, -0.1) is 0 Å². The Labute approximate surface area is 159 Å². The van der Waals surface area contributed by atoms with Crippen LogP contribution in [0.3, 0.4) is 0 Å². The third-order valence-corrected chi connectivity index (χ3v) is 7.86. The Morgan fingerprint density at radius 2 is 1.92 bits per heavy atom. The van der Waals surface area contributed by atoms with Crippen LogP contribution in [0.5, 0.6) is 0 Å². The normalized spacial score (nSPS) is 28.5. The van der Waals surface area contributed by atoms with E-state index < -0.39 is 0 Å². The van der Waals surface area contributed by atoms with Crippen LogP contribution in [0.4, 0.5) is 9.93 Å². The summed E-state index contributed by atoms with van der Waals surface area (Å²) in [7, 11) is 1.99. The van der Waals surface area contributed by atoms with Gasteiger partial charge in [0.05, 0.1) is 12.2 Å². The summed E-state index contributed by atoms with van der Waals surface area (Å²) in [5.41, 5.74) is 1.23. The fourth-order valence-electron chi connectivity index (χ4n) is 5.22. The van der Waals surface area contributed by atoms with Gasteiger partial charge in [0.1, 0.15) is 0 Å². The van der Waals surface area contributed by atoms with Gasteiger partial charge >= 0.3 is 6.03 Å².